The molecule has 0 aliphatic carbocycles. The molecule has 7 nitrogen and oxygen atoms in total. The zero-order valence-electron chi connectivity index (χ0n) is 17.8. The van der Waals surface area contributed by atoms with Crippen LogP contribution in [0.3, 0.4) is 0 Å². The van der Waals surface area contributed by atoms with Gasteiger partial charge >= 0.3 is 6.16 Å². The van der Waals surface area contributed by atoms with E-state index in [1.807, 2.05) is 41.5 Å². The highest BCUT2D eigenvalue weighted by atomic mass is 17.2. The van der Waals surface area contributed by atoms with Gasteiger partial charge in [0.15, 0.2) is 0 Å². The van der Waals surface area contributed by atoms with Crippen molar-refractivity contribution in [3.63, 3.8) is 0 Å². The summed E-state index contributed by atoms with van der Waals surface area (Å²) in [6.07, 6.45) is 1.82. The van der Waals surface area contributed by atoms with Gasteiger partial charge in [-0.3, -0.25) is 0 Å². The highest BCUT2D eigenvalue weighted by Crippen LogP contribution is 2.20. The first-order valence-corrected chi connectivity index (χ1v) is 9.65. The van der Waals surface area contributed by atoms with E-state index in [0.717, 1.165) is 25.7 Å². The van der Waals surface area contributed by atoms with E-state index in [4.69, 9.17) is 29.0 Å². The Kier molecular flexibility index (Phi) is 12.1. The van der Waals surface area contributed by atoms with Gasteiger partial charge in [-0.15, -0.1) is 0 Å². The standard InChI is InChI=1S/C19H38O7/c1-9-13-18(5,6)25-23-15(11-3)21-17(20)22-16(12-4)24-26-19(7,8)14-10-2/h15-16H,9-14H2,1-8H3. The topological polar surface area (TPSA) is 72.5 Å². The lowest BCUT2D eigenvalue weighted by Gasteiger charge is -2.27. The SMILES string of the molecule is CCCC(C)(C)OOC(CC)OC(=O)OC(CC)OOC(C)(C)CCC. The monoisotopic (exact) mass is 378 g/mol. The first-order valence-electron chi connectivity index (χ1n) is 9.65. The fraction of sp³-hybridized carbons (Fsp3) is 0.947. The molecular formula is C19H38O7. The summed E-state index contributed by atoms with van der Waals surface area (Å²) in [5.74, 6) is 0. The van der Waals surface area contributed by atoms with Gasteiger partial charge < -0.3 is 9.47 Å². The molecule has 2 unspecified atom stereocenters. The van der Waals surface area contributed by atoms with Crippen LogP contribution in [-0.4, -0.2) is 29.9 Å². The molecule has 0 aliphatic heterocycles. The molecule has 0 aromatic rings. The maximum absolute atomic E-state index is 12.0. The zero-order chi connectivity index (χ0) is 20.2. The number of ether oxygens (including phenoxy) is 2. The molecule has 2 atom stereocenters. The predicted octanol–water partition coefficient (Wildman–Crippen LogP) is 5.67. The Balaban J connectivity index is 4.39. The van der Waals surface area contributed by atoms with Gasteiger partial charge in [-0.05, 0) is 40.5 Å². The van der Waals surface area contributed by atoms with Crippen LogP contribution >= 0.6 is 0 Å². The molecule has 0 saturated heterocycles. The molecule has 0 bridgehead atoms. The zero-order valence-corrected chi connectivity index (χ0v) is 17.8. The summed E-state index contributed by atoms with van der Waals surface area (Å²) in [6.45, 7) is 15.4. The second-order valence-electron chi connectivity index (χ2n) is 7.54. The van der Waals surface area contributed by atoms with Crippen molar-refractivity contribution in [2.75, 3.05) is 0 Å². The molecule has 7 heteroatoms. The Morgan fingerprint density at radius 1 is 0.731 bits per heavy atom. The third-order valence-corrected chi connectivity index (χ3v) is 3.59. The Hall–Kier alpha value is -0.890. The third kappa shape index (κ3) is 11.7. The van der Waals surface area contributed by atoms with E-state index in [9.17, 15) is 4.79 Å². The average molecular weight is 379 g/mol. The van der Waals surface area contributed by atoms with E-state index in [-0.39, 0.29) is 0 Å². The molecule has 0 radical (unpaired) electrons. The van der Waals surface area contributed by atoms with E-state index in [1.165, 1.54) is 0 Å². The van der Waals surface area contributed by atoms with Crippen LogP contribution in [0.2, 0.25) is 0 Å². The summed E-state index contributed by atoms with van der Waals surface area (Å²) in [4.78, 5) is 33.2. The normalized spacial score (nSPS) is 14.8. The van der Waals surface area contributed by atoms with E-state index in [2.05, 4.69) is 13.8 Å². The van der Waals surface area contributed by atoms with Crippen molar-refractivity contribution < 1.29 is 33.8 Å². The summed E-state index contributed by atoms with van der Waals surface area (Å²) in [5, 5.41) is 0. The van der Waals surface area contributed by atoms with Crippen LogP contribution in [0.1, 0.15) is 93.9 Å². The fourth-order valence-corrected chi connectivity index (χ4v) is 2.24. The second kappa shape index (κ2) is 12.5. The summed E-state index contributed by atoms with van der Waals surface area (Å²) < 4.78 is 10.3. The van der Waals surface area contributed by atoms with Crippen LogP contribution in [0.5, 0.6) is 0 Å². The Bertz CT molecular complexity index is 348. The lowest BCUT2D eigenvalue weighted by atomic mass is 10.0. The molecule has 0 fully saturated rings. The van der Waals surface area contributed by atoms with Crippen LogP contribution in [0.15, 0.2) is 0 Å². The molecule has 0 N–H and O–H groups in total. The van der Waals surface area contributed by atoms with Crippen LogP contribution in [0.4, 0.5) is 4.79 Å². The van der Waals surface area contributed by atoms with Gasteiger partial charge in [0.2, 0.25) is 12.6 Å². The molecule has 0 spiro atoms. The Morgan fingerprint density at radius 3 is 1.35 bits per heavy atom. The Morgan fingerprint density at radius 2 is 1.08 bits per heavy atom. The van der Waals surface area contributed by atoms with Crippen molar-refractivity contribution >= 4 is 6.16 Å². The van der Waals surface area contributed by atoms with Gasteiger partial charge in [-0.25, -0.2) is 14.6 Å². The van der Waals surface area contributed by atoms with E-state index < -0.39 is 29.9 Å². The quantitative estimate of drug-likeness (QED) is 0.167. The summed E-state index contributed by atoms with van der Waals surface area (Å²) in [7, 11) is 0. The molecule has 0 aromatic heterocycles. The van der Waals surface area contributed by atoms with Gasteiger partial charge in [-0.1, -0.05) is 40.5 Å². The fourth-order valence-electron chi connectivity index (χ4n) is 2.24. The maximum atomic E-state index is 12.0. The summed E-state index contributed by atoms with van der Waals surface area (Å²) in [5.41, 5.74) is -0.910. The lowest BCUT2D eigenvalue weighted by Crippen LogP contribution is -2.32. The van der Waals surface area contributed by atoms with Crippen molar-refractivity contribution in [2.45, 2.75) is 118 Å². The van der Waals surface area contributed by atoms with E-state index in [1.54, 1.807) is 0 Å². The van der Waals surface area contributed by atoms with Crippen LogP contribution < -0.4 is 0 Å². The number of carbonyl (C=O) groups excluding carboxylic acids is 1. The first-order chi connectivity index (χ1) is 12.1. The van der Waals surface area contributed by atoms with Gasteiger partial charge in [0.05, 0.1) is 11.2 Å². The van der Waals surface area contributed by atoms with Gasteiger partial charge in [0.1, 0.15) is 0 Å². The Labute approximate surface area is 158 Å². The molecule has 0 aromatic carbocycles. The van der Waals surface area contributed by atoms with Crippen molar-refractivity contribution in [2.24, 2.45) is 0 Å². The minimum absolute atomic E-state index is 0.426. The van der Waals surface area contributed by atoms with Gasteiger partial charge in [0.25, 0.3) is 0 Å². The van der Waals surface area contributed by atoms with Crippen molar-refractivity contribution in [1.29, 1.82) is 0 Å². The molecule has 0 rings (SSSR count). The van der Waals surface area contributed by atoms with E-state index in [0.29, 0.717) is 12.8 Å². The summed E-state index contributed by atoms with van der Waals surface area (Å²) >= 11 is 0. The number of hydrogen-bond acceptors (Lipinski definition) is 7. The van der Waals surface area contributed by atoms with Gasteiger partial charge in [0, 0.05) is 12.8 Å². The van der Waals surface area contributed by atoms with Crippen LogP contribution in [0.25, 0.3) is 0 Å². The summed E-state index contributed by atoms with van der Waals surface area (Å²) in [6, 6.07) is 0. The molecule has 26 heavy (non-hydrogen) atoms. The predicted molar refractivity (Wildman–Crippen MR) is 98.0 cm³/mol. The highest BCUT2D eigenvalue weighted by molar-refractivity contribution is 5.60. The van der Waals surface area contributed by atoms with Gasteiger partial charge in [-0.2, -0.15) is 9.78 Å². The van der Waals surface area contributed by atoms with Crippen LogP contribution in [-0.2, 0) is 29.0 Å². The van der Waals surface area contributed by atoms with Crippen LogP contribution in [0, 0.1) is 0 Å². The highest BCUT2D eigenvalue weighted by Gasteiger charge is 2.26. The molecule has 0 amide bonds. The third-order valence-electron chi connectivity index (χ3n) is 3.59. The number of hydrogen-bond donors (Lipinski definition) is 0. The molecule has 0 saturated carbocycles. The molecular weight excluding hydrogens is 340 g/mol. The average Bonchev–Trinajstić information content (AvgIpc) is 2.55. The van der Waals surface area contributed by atoms with Crippen molar-refractivity contribution in [1.82, 2.24) is 0 Å². The molecule has 156 valence electrons. The van der Waals surface area contributed by atoms with Crippen molar-refractivity contribution in [3.05, 3.63) is 0 Å². The maximum Gasteiger partial charge on any atom is 0.513 e. The smallest absolute Gasteiger partial charge is 0.401 e. The lowest BCUT2D eigenvalue weighted by molar-refractivity contribution is -0.424. The molecule has 0 heterocycles. The van der Waals surface area contributed by atoms with Crippen molar-refractivity contribution in [3.8, 4) is 0 Å². The number of rotatable bonds is 14. The largest absolute Gasteiger partial charge is 0.513 e. The minimum Gasteiger partial charge on any atom is -0.401 e. The van der Waals surface area contributed by atoms with E-state index >= 15 is 0 Å². The first kappa shape index (κ1) is 25.1. The minimum atomic E-state index is -0.891. The second-order valence-corrected chi connectivity index (χ2v) is 7.54. The molecule has 0 aliphatic rings. The number of carbonyl (C=O) groups is 1.